The zero-order chi connectivity index (χ0) is 13.0. The van der Waals surface area contributed by atoms with E-state index in [4.69, 9.17) is 0 Å². The standard InChI is InChI=1S/C12H16N4OS/c1-9-4-6-18-11(9)8-16(2)12(17)13-7-10-3-5-14-15-10/h3-6H,7-8H2,1-2H3,(H,13,17)(H,14,15). The van der Waals surface area contributed by atoms with Gasteiger partial charge in [-0.3, -0.25) is 5.10 Å². The first-order valence-corrected chi connectivity index (χ1v) is 6.55. The molecule has 0 bridgehead atoms. The monoisotopic (exact) mass is 264 g/mol. The summed E-state index contributed by atoms with van der Waals surface area (Å²) >= 11 is 1.67. The average molecular weight is 264 g/mol. The first-order chi connectivity index (χ1) is 8.66. The molecule has 2 rings (SSSR count). The van der Waals surface area contributed by atoms with Gasteiger partial charge in [-0.05, 0) is 30.0 Å². The number of aromatic nitrogens is 2. The van der Waals surface area contributed by atoms with Gasteiger partial charge in [-0.15, -0.1) is 11.3 Å². The van der Waals surface area contributed by atoms with Crippen molar-refractivity contribution in [3.8, 4) is 0 Å². The third-order valence-corrected chi connectivity index (χ3v) is 3.69. The van der Waals surface area contributed by atoms with Crippen LogP contribution < -0.4 is 5.32 Å². The minimum absolute atomic E-state index is 0.0857. The first kappa shape index (κ1) is 12.6. The number of urea groups is 1. The Morgan fingerprint density at radius 1 is 1.56 bits per heavy atom. The van der Waals surface area contributed by atoms with E-state index in [1.807, 2.05) is 11.4 Å². The van der Waals surface area contributed by atoms with E-state index in [1.165, 1.54) is 10.4 Å². The summed E-state index contributed by atoms with van der Waals surface area (Å²) in [5.74, 6) is 0. The number of thiophene rings is 1. The van der Waals surface area contributed by atoms with E-state index in [-0.39, 0.29) is 6.03 Å². The lowest BCUT2D eigenvalue weighted by Gasteiger charge is -2.17. The fourth-order valence-corrected chi connectivity index (χ4v) is 2.50. The molecule has 0 radical (unpaired) electrons. The maximum Gasteiger partial charge on any atom is 0.317 e. The Kier molecular flexibility index (Phi) is 3.99. The zero-order valence-electron chi connectivity index (χ0n) is 10.4. The van der Waals surface area contributed by atoms with Gasteiger partial charge in [-0.1, -0.05) is 0 Å². The molecule has 0 atom stereocenters. The van der Waals surface area contributed by atoms with E-state index < -0.39 is 0 Å². The molecule has 0 spiro atoms. The number of amides is 2. The molecule has 0 aliphatic rings. The normalized spacial score (nSPS) is 10.3. The van der Waals surface area contributed by atoms with Gasteiger partial charge in [-0.25, -0.2) is 4.79 Å². The number of H-pyrrole nitrogens is 1. The van der Waals surface area contributed by atoms with Gasteiger partial charge < -0.3 is 10.2 Å². The average Bonchev–Trinajstić information content (AvgIpc) is 2.99. The van der Waals surface area contributed by atoms with Crippen molar-refractivity contribution in [3.05, 3.63) is 39.8 Å². The van der Waals surface area contributed by atoms with Crippen molar-refractivity contribution in [2.45, 2.75) is 20.0 Å². The van der Waals surface area contributed by atoms with Gasteiger partial charge in [0.05, 0.1) is 18.8 Å². The summed E-state index contributed by atoms with van der Waals surface area (Å²) in [6.45, 7) is 3.16. The molecule has 0 fully saturated rings. The number of rotatable bonds is 4. The minimum atomic E-state index is -0.0857. The van der Waals surface area contributed by atoms with Crippen LogP contribution in [0.5, 0.6) is 0 Å². The summed E-state index contributed by atoms with van der Waals surface area (Å²) in [6, 6.07) is 3.82. The molecule has 18 heavy (non-hydrogen) atoms. The zero-order valence-corrected chi connectivity index (χ0v) is 11.3. The Bertz CT molecular complexity index is 506. The minimum Gasteiger partial charge on any atom is -0.332 e. The van der Waals surface area contributed by atoms with Gasteiger partial charge >= 0.3 is 6.03 Å². The first-order valence-electron chi connectivity index (χ1n) is 5.67. The van der Waals surface area contributed by atoms with Crippen molar-refractivity contribution in [1.29, 1.82) is 0 Å². The topological polar surface area (TPSA) is 61.0 Å². The largest absolute Gasteiger partial charge is 0.332 e. The smallest absolute Gasteiger partial charge is 0.317 e. The Morgan fingerprint density at radius 2 is 2.39 bits per heavy atom. The van der Waals surface area contributed by atoms with Gasteiger partial charge in [0.15, 0.2) is 0 Å². The van der Waals surface area contributed by atoms with Crippen LogP contribution in [0.1, 0.15) is 16.1 Å². The van der Waals surface area contributed by atoms with Gasteiger partial charge in [0.1, 0.15) is 0 Å². The summed E-state index contributed by atoms with van der Waals surface area (Å²) < 4.78 is 0. The van der Waals surface area contributed by atoms with Gasteiger partial charge in [-0.2, -0.15) is 5.10 Å². The van der Waals surface area contributed by atoms with Crippen LogP contribution in [0, 0.1) is 6.92 Å². The van der Waals surface area contributed by atoms with E-state index in [0.29, 0.717) is 13.1 Å². The molecular weight excluding hydrogens is 248 g/mol. The molecule has 0 aromatic carbocycles. The molecule has 2 aromatic heterocycles. The third kappa shape index (κ3) is 3.10. The molecule has 0 aliphatic heterocycles. The van der Waals surface area contributed by atoms with E-state index in [1.54, 1.807) is 29.5 Å². The number of hydrogen-bond acceptors (Lipinski definition) is 3. The number of hydrogen-bond donors (Lipinski definition) is 2. The van der Waals surface area contributed by atoms with Crippen LogP contribution >= 0.6 is 11.3 Å². The second-order valence-electron chi connectivity index (χ2n) is 4.12. The summed E-state index contributed by atoms with van der Waals surface area (Å²) in [7, 11) is 1.79. The van der Waals surface area contributed by atoms with Crippen LogP contribution in [-0.4, -0.2) is 28.2 Å². The molecule has 2 amide bonds. The van der Waals surface area contributed by atoms with Crippen LogP contribution in [0.15, 0.2) is 23.7 Å². The van der Waals surface area contributed by atoms with Crippen molar-refractivity contribution in [3.63, 3.8) is 0 Å². The molecule has 5 nitrogen and oxygen atoms in total. The molecule has 96 valence electrons. The molecular formula is C12H16N4OS. The predicted molar refractivity (Wildman–Crippen MR) is 71.3 cm³/mol. The lowest BCUT2D eigenvalue weighted by Crippen LogP contribution is -2.36. The quantitative estimate of drug-likeness (QED) is 0.888. The number of carbonyl (C=O) groups excluding carboxylic acids is 1. The molecule has 0 saturated carbocycles. The second kappa shape index (κ2) is 5.68. The fourth-order valence-electron chi connectivity index (χ4n) is 1.54. The highest BCUT2D eigenvalue weighted by Gasteiger charge is 2.10. The predicted octanol–water partition coefficient (Wildman–Crippen LogP) is 2.12. The Hall–Kier alpha value is -1.82. The van der Waals surface area contributed by atoms with Crippen molar-refractivity contribution < 1.29 is 4.79 Å². The van der Waals surface area contributed by atoms with Crippen LogP contribution in [0.25, 0.3) is 0 Å². The maximum absolute atomic E-state index is 11.9. The molecule has 0 aliphatic carbocycles. The lowest BCUT2D eigenvalue weighted by atomic mass is 10.3. The van der Waals surface area contributed by atoms with E-state index in [0.717, 1.165) is 5.69 Å². The molecule has 6 heteroatoms. The Morgan fingerprint density at radius 3 is 3.00 bits per heavy atom. The highest BCUT2D eigenvalue weighted by Crippen LogP contribution is 2.17. The number of aromatic amines is 1. The highest BCUT2D eigenvalue weighted by molar-refractivity contribution is 7.10. The van der Waals surface area contributed by atoms with Gasteiger partial charge in [0.25, 0.3) is 0 Å². The van der Waals surface area contributed by atoms with E-state index in [2.05, 4.69) is 28.5 Å². The summed E-state index contributed by atoms with van der Waals surface area (Å²) in [4.78, 5) is 14.8. The van der Waals surface area contributed by atoms with Crippen molar-refractivity contribution in [2.24, 2.45) is 0 Å². The summed E-state index contributed by atoms with van der Waals surface area (Å²) in [6.07, 6.45) is 1.67. The number of nitrogens with zero attached hydrogens (tertiary/aromatic N) is 2. The van der Waals surface area contributed by atoms with Crippen LogP contribution in [0.4, 0.5) is 4.79 Å². The molecule has 2 N–H and O–H groups in total. The van der Waals surface area contributed by atoms with Gasteiger partial charge in [0, 0.05) is 18.1 Å². The summed E-state index contributed by atoms with van der Waals surface area (Å²) in [5, 5.41) is 11.5. The molecule has 0 unspecified atom stereocenters. The number of aryl methyl sites for hydroxylation is 1. The third-order valence-electron chi connectivity index (χ3n) is 2.68. The van der Waals surface area contributed by atoms with E-state index >= 15 is 0 Å². The molecule has 2 aromatic rings. The maximum atomic E-state index is 11.9. The number of carbonyl (C=O) groups is 1. The van der Waals surface area contributed by atoms with Crippen LogP contribution in [0.2, 0.25) is 0 Å². The molecule has 2 heterocycles. The number of nitrogens with one attached hydrogen (secondary N) is 2. The molecule has 0 saturated heterocycles. The van der Waals surface area contributed by atoms with Crippen molar-refractivity contribution in [2.75, 3.05) is 7.05 Å². The summed E-state index contributed by atoms with van der Waals surface area (Å²) in [5.41, 5.74) is 2.12. The highest BCUT2D eigenvalue weighted by atomic mass is 32.1. The van der Waals surface area contributed by atoms with Crippen LogP contribution in [-0.2, 0) is 13.1 Å². The van der Waals surface area contributed by atoms with E-state index in [9.17, 15) is 4.79 Å². The second-order valence-corrected chi connectivity index (χ2v) is 5.12. The van der Waals surface area contributed by atoms with Gasteiger partial charge in [0.2, 0.25) is 0 Å². The Balaban J connectivity index is 1.83. The SMILES string of the molecule is Cc1ccsc1CN(C)C(=O)NCc1ccn[nH]1. The van der Waals surface area contributed by atoms with Crippen LogP contribution in [0.3, 0.4) is 0 Å². The van der Waals surface area contributed by atoms with Crippen molar-refractivity contribution >= 4 is 17.4 Å². The fraction of sp³-hybridized carbons (Fsp3) is 0.333. The van der Waals surface area contributed by atoms with Crippen molar-refractivity contribution in [1.82, 2.24) is 20.4 Å². The lowest BCUT2D eigenvalue weighted by molar-refractivity contribution is 0.206. The Labute approximate surface area is 110 Å².